The first-order chi connectivity index (χ1) is 18.5. The zero-order chi connectivity index (χ0) is 28.3. The Morgan fingerprint density at radius 3 is 2.46 bits per heavy atom. The Bertz CT molecular complexity index is 1510. The molecule has 0 aliphatic carbocycles. The molecule has 1 amide bonds. The van der Waals surface area contributed by atoms with Crippen molar-refractivity contribution in [1.29, 1.82) is 0 Å². The number of aromatic carboxylic acids is 1. The number of oxazole rings is 1. The minimum atomic E-state index is -1.24. The van der Waals surface area contributed by atoms with Gasteiger partial charge in [-0.1, -0.05) is 44.2 Å². The second-order valence-corrected chi connectivity index (χ2v) is 9.77. The summed E-state index contributed by atoms with van der Waals surface area (Å²) >= 11 is 0. The number of carboxylic acid groups (broad SMARTS) is 1. The van der Waals surface area contributed by atoms with E-state index in [4.69, 9.17) is 9.15 Å². The molecule has 0 spiro atoms. The van der Waals surface area contributed by atoms with Gasteiger partial charge in [-0.25, -0.2) is 14.2 Å². The highest BCUT2D eigenvalue weighted by molar-refractivity contribution is 5.87. The number of benzene rings is 2. The van der Waals surface area contributed by atoms with Crippen LogP contribution in [0.5, 0.6) is 0 Å². The third-order valence-electron chi connectivity index (χ3n) is 6.42. The van der Waals surface area contributed by atoms with E-state index in [1.807, 2.05) is 42.1 Å². The van der Waals surface area contributed by atoms with E-state index >= 15 is 0 Å². The molecule has 2 N–H and O–H groups in total. The number of nitrogens with one attached hydrogen (secondary N) is 1. The lowest BCUT2D eigenvalue weighted by Crippen LogP contribution is -2.43. The highest BCUT2D eigenvalue weighted by atomic mass is 19.1. The Labute approximate surface area is 224 Å². The van der Waals surface area contributed by atoms with Gasteiger partial charge in [-0.2, -0.15) is 0 Å². The maximum absolute atomic E-state index is 13.5. The number of para-hydroxylation sites is 1. The summed E-state index contributed by atoms with van der Waals surface area (Å²) in [6.45, 7) is 4.98. The summed E-state index contributed by atoms with van der Waals surface area (Å²) in [5.41, 5.74) is 2.19. The van der Waals surface area contributed by atoms with Gasteiger partial charge >= 0.3 is 11.9 Å². The zero-order valence-corrected chi connectivity index (χ0v) is 22.1. The number of fused-ring (bicyclic) bond motifs is 1. The number of esters is 1. The summed E-state index contributed by atoms with van der Waals surface area (Å²) in [5, 5.41) is 13.3. The lowest BCUT2D eigenvalue weighted by atomic mass is 10.0. The van der Waals surface area contributed by atoms with Gasteiger partial charge in [-0.3, -0.25) is 9.59 Å². The third kappa shape index (κ3) is 6.34. The van der Waals surface area contributed by atoms with E-state index in [1.54, 1.807) is 13.8 Å². The monoisotopic (exact) mass is 535 g/mol. The lowest BCUT2D eigenvalue weighted by molar-refractivity contribution is -0.158. The minimum Gasteiger partial charge on any atom is -0.476 e. The van der Waals surface area contributed by atoms with Crippen LogP contribution in [-0.4, -0.2) is 38.6 Å². The minimum absolute atomic E-state index is 0.0336. The van der Waals surface area contributed by atoms with Crippen molar-refractivity contribution in [3.05, 3.63) is 89.0 Å². The summed E-state index contributed by atoms with van der Waals surface area (Å²) in [7, 11) is 1.91. The number of hydrogen-bond acceptors (Lipinski definition) is 6. The van der Waals surface area contributed by atoms with Crippen molar-refractivity contribution in [2.75, 3.05) is 0 Å². The molecule has 0 aliphatic rings. The number of hydrogen-bond donors (Lipinski definition) is 2. The molecule has 0 bridgehead atoms. The molecule has 0 unspecified atom stereocenters. The number of aromatic nitrogens is 2. The normalized spacial score (nSPS) is 12.9. The van der Waals surface area contributed by atoms with E-state index < -0.39 is 35.8 Å². The van der Waals surface area contributed by atoms with E-state index in [0.29, 0.717) is 5.56 Å². The second kappa shape index (κ2) is 11.5. The van der Waals surface area contributed by atoms with Crippen molar-refractivity contribution in [1.82, 2.24) is 14.9 Å². The van der Waals surface area contributed by atoms with Gasteiger partial charge < -0.3 is 24.1 Å². The number of aryl methyl sites for hydroxylation is 2. The summed E-state index contributed by atoms with van der Waals surface area (Å²) in [6.07, 6.45) is 0.917. The largest absolute Gasteiger partial charge is 0.476 e. The maximum Gasteiger partial charge on any atom is 0.358 e. The number of ether oxygens (including phenoxy) is 1. The van der Waals surface area contributed by atoms with Crippen molar-refractivity contribution in [3.8, 4) is 0 Å². The highest BCUT2D eigenvalue weighted by Crippen LogP contribution is 2.27. The Hall–Kier alpha value is -4.47. The summed E-state index contributed by atoms with van der Waals surface area (Å²) < 4.78 is 26.4. The van der Waals surface area contributed by atoms with Crippen LogP contribution in [0.3, 0.4) is 0 Å². The van der Waals surface area contributed by atoms with Crippen LogP contribution in [0.25, 0.3) is 10.9 Å². The van der Waals surface area contributed by atoms with Crippen molar-refractivity contribution in [3.63, 3.8) is 0 Å². The van der Waals surface area contributed by atoms with Crippen LogP contribution in [0.1, 0.15) is 53.2 Å². The Morgan fingerprint density at radius 1 is 1.13 bits per heavy atom. The molecule has 4 aromatic rings. The number of carbonyl (C=O) groups is 3. The maximum atomic E-state index is 13.5. The number of carboxylic acids is 1. The van der Waals surface area contributed by atoms with Crippen LogP contribution in [0, 0.1) is 18.7 Å². The molecule has 4 rings (SSSR count). The predicted molar refractivity (Wildman–Crippen MR) is 141 cm³/mol. The number of carbonyl (C=O) groups excluding carboxylic acids is 2. The smallest absolute Gasteiger partial charge is 0.358 e. The molecular weight excluding hydrogens is 505 g/mol. The first kappa shape index (κ1) is 27.6. The van der Waals surface area contributed by atoms with Crippen molar-refractivity contribution in [2.24, 2.45) is 13.0 Å². The van der Waals surface area contributed by atoms with Crippen LogP contribution in [0.4, 0.5) is 4.39 Å². The molecule has 0 saturated carbocycles. The van der Waals surface area contributed by atoms with Gasteiger partial charge in [-0.15, -0.1) is 0 Å². The molecule has 2 atom stereocenters. The van der Waals surface area contributed by atoms with E-state index in [9.17, 15) is 23.9 Å². The highest BCUT2D eigenvalue weighted by Gasteiger charge is 2.32. The average Bonchev–Trinajstić information content (AvgIpc) is 3.43. The molecule has 0 fully saturated rings. The van der Waals surface area contributed by atoms with Gasteiger partial charge in [0, 0.05) is 30.6 Å². The molecule has 2 aromatic carbocycles. The van der Waals surface area contributed by atoms with Gasteiger partial charge in [0.2, 0.25) is 5.89 Å². The topological polar surface area (TPSA) is 124 Å². The van der Waals surface area contributed by atoms with Crippen LogP contribution < -0.4 is 5.32 Å². The first-order valence-electron chi connectivity index (χ1n) is 12.5. The zero-order valence-electron chi connectivity index (χ0n) is 22.1. The standard InChI is InChI=1S/C29H30FN3O6/c1-16(2)26(39-24(34)13-18-9-11-20(30)12-10-18)27(35)31-22(28-32-25(29(36)37)17(3)38-28)14-19-15-33(4)23-8-6-5-7-21(19)23/h5-12,15-16,22,26H,13-14H2,1-4H3,(H,31,35)(H,36,37)/t22-,26+/m1/s1. The number of nitrogens with zero attached hydrogens (tertiary/aromatic N) is 2. The van der Waals surface area contributed by atoms with E-state index in [2.05, 4.69) is 10.3 Å². The number of rotatable bonds is 10. The SMILES string of the molecule is Cc1oc([C@@H](Cc2cn(C)c3ccccc23)NC(=O)[C@@H](OC(=O)Cc2ccc(F)cc2)C(C)C)nc1C(=O)O. The first-order valence-corrected chi connectivity index (χ1v) is 12.5. The van der Waals surface area contributed by atoms with E-state index in [0.717, 1.165) is 16.5 Å². The quantitative estimate of drug-likeness (QED) is 0.286. The van der Waals surface area contributed by atoms with Crippen LogP contribution in [-0.2, 0) is 34.2 Å². The molecule has 204 valence electrons. The fourth-order valence-electron chi connectivity index (χ4n) is 4.47. The fourth-order valence-corrected chi connectivity index (χ4v) is 4.47. The molecule has 2 aromatic heterocycles. The molecule has 10 heteroatoms. The van der Waals surface area contributed by atoms with E-state index in [1.165, 1.54) is 31.2 Å². The second-order valence-electron chi connectivity index (χ2n) is 9.77. The molecule has 0 radical (unpaired) electrons. The molecule has 39 heavy (non-hydrogen) atoms. The van der Waals surface area contributed by atoms with Crippen molar-refractivity contribution in [2.45, 2.75) is 45.8 Å². The van der Waals surface area contributed by atoms with Gasteiger partial charge in [0.15, 0.2) is 11.8 Å². The van der Waals surface area contributed by atoms with Crippen LogP contribution in [0.15, 0.2) is 59.1 Å². The van der Waals surface area contributed by atoms with Gasteiger partial charge in [0.1, 0.15) is 17.6 Å². The van der Waals surface area contributed by atoms with Crippen LogP contribution >= 0.6 is 0 Å². The number of amides is 1. The summed E-state index contributed by atoms with van der Waals surface area (Å²) in [6, 6.07) is 12.4. The Kier molecular flexibility index (Phi) is 8.13. The van der Waals surface area contributed by atoms with Gasteiger partial charge in [0.25, 0.3) is 5.91 Å². The third-order valence-corrected chi connectivity index (χ3v) is 6.42. The fraction of sp³-hybridized carbons (Fsp3) is 0.310. The molecule has 0 saturated heterocycles. The molecule has 0 aliphatic heterocycles. The van der Waals surface area contributed by atoms with E-state index in [-0.39, 0.29) is 36.1 Å². The lowest BCUT2D eigenvalue weighted by Gasteiger charge is -2.23. The molecular formula is C29H30FN3O6. The molecule has 9 nitrogen and oxygen atoms in total. The summed E-state index contributed by atoms with van der Waals surface area (Å²) in [5.74, 6) is -3.10. The predicted octanol–water partition coefficient (Wildman–Crippen LogP) is 4.52. The average molecular weight is 536 g/mol. The number of halogens is 1. The Balaban J connectivity index is 1.59. The van der Waals surface area contributed by atoms with Crippen molar-refractivity contribution >= 4 is 28.7 Å². The van der Waals surface area contributed by atoms with Gasteiger partial charge in [0.05, 0.1) is 6.42 Å². The Morgan fingerprint density at radius 2 is 1.82 bits per heavy atom. The molecule has 2 heterocycles. The van der Waals surface area contributed by atoms with Crippen molar-refractivity contribution < 1.29 is 33.0 Å². The van der Waals surface area contributed by atoms with Gasteiger partial charge in [-0.05, 0) is 42.2 Å². The van der Waals surface area contributed by atoms with Crippen LogP contribution in [0.2, 0.25) is 0 Å². The summed E-state index contributed by atoms with van der Waals surface area (Å²) in [4.78, 5) is 41.9.